The Morgan fingerprint density at radius 2 is 2.00 bits per heavy atom. The molecule has 2 aliphatic heterocycles. The predicted octanol–water partition coefficient (Wildman–Crippen LogP) is 2.12. The number of rotatable bonds is 4. The summed E-state index contributed by atoms with van der Waals surface area (Å²) in [5, 5.41) is 7.15. The predicted molar refractivity (Wildman–Crippen MR) is 78.1 cm³/mol. The molecule has 2 bridgehead atoms. The molecule has 2 unspecified atom stereocenters. The lowest BCUT2D eigenvalue weighted by atomic mass is 10.00. The van der Waals surface area contributed by atoms with Gasteiger partial charge in [-0.3, -0.25) is 4.79 Å². The SMILES string of the molecule is O=C(COc1ccccc1Cl)NC1CC2CCC(C1)N2. The molecule has 0 radical (unpaired) electrons. The van der Waals surface area contributed by atoms with Gasteiger partial charge in [0.25, 0.3) is 5.91 Å². The minimum atomic E-state index is -0.0729. The Morgan fingerprint density at radius 3 is 2.70 bits per heavy atom. The van der Waals surface area contributed by atoms with Crippen molar-refractivity contribution in [1.82, 2.24) is 10.6 Å². The Morgan fingerprint density at radius 1 is 1.30 bits per heavy atom. The lowest BCUT2D eigenvalue weighted by Crippen LogP contribution is -2.48. The summed E-state index contributed by atoms with van der Waals surface area (Å²) in [6.45, 7) is 0.0169. The number of halogens is 1. The number of carbonyl (C=O) groups is 1. The van der Waals surface area contributed by atoms with E-state index in [2.05, 4.69) is 10.6 Å². The average Bonchev–Trinajstić information content (AvgIpc) is 2.77. The smallest absolute Gasteiger partial charge is 0.258 e. The van der Waals surface area contributed by atoms with Crippen LogP contribution in [0.4, 0.5) is 0 Å². The average molecular weight is 295 g/mol. The van der Waals surface area contributed by atoms with Crippen LogP contribution in [0.15, 0.2) is 24.3 Å². The van der Waals surface area contributed by atoms with Gasteiger partial charge in [0.15, 0.2) is 6.61 Å². The summed E-state index contributed by atoms with van der Waals surface area (Å²) in [5.74, 6) is 0.478. The van der Waals surface area contributed by atoms with E-state index in [1.807, 2.05) is 12.1 Å². The highest BCUT2D eigenvalue weighted by Gasteiger charge is 2.33. The van der Waals surface area contributed by atoms with Crippen molar-refractivity contribution in [3.63, 3.8) is 0 Å². The summed E-state index contributed by atoms with van der Waals surface area (Å²) >= 11 is 5.98. The molecule has 2 saturated heterocycles. The summed E-state index contributed by atoms with van der Waals surface area (Å²) in [6, 6.07) is 8.60. The molecule has 20 heavy (non-hydrogen) atoms. The number of benzene rings is 1. The summed E-state index contributed by atoms with van der Waals surface area (Å²) in [5.41, 5.74) is 0. The van der Waals surface area contributed by atoms with Gasteiger partial charge in [0.05, 0.1) is 5.02 Å². The number of para-hydroxylation sites is 1. The Balaban J connectivity index is 1.47. The monoisotopic (exact) mass is 294 g/mol. The topological polar surface area (TPSA) is 50.4 Å². The molecule has 1 amide bonds. The van der Waals surface area contributed by atoms with Gasteiger partial charge in [0.2, 0.25) is 0 Å². The van der Waals surface area contributed by atoms with Gasteiger partial charge in [0, 0.05) is 18.1 Å². The van der Waals surface area contributed by atoms with Crippen molar-refractivity contribution in [3.05, 3.63) is 29.3 Å². The van der Waals surface area contributed by atoms with Crippen LogP contribution in [0.25, 0.3) is 0 Å². The van der Waals surface area contributed by atoms with Crippen LogP contribution < -0.4 is 15.4 Å². The number of fused-ring (bicyclic) bond motifs is 2. The number of hydrogen-bond donors (Lipinski definition) is 2. The molecule has 2 N–H and O–H groups in total. The van der Waals surface area contributed by atoms with Gasteiger partial charge >= 0.3 is 0 Å². The molecule has 0 aromatic heterocycles. The molecule has 1 aromatic rings. The van der Waals surface area contributed by atoms with E-state index in [-0.39, 0.29) is 18.6 Å². The number of hydrogen-bond acceptors (Lipinski definition) is 3. The van der Waals surface area contributed by atoms with Gasteiger partial charge in [-0.1, -0.05) is 23.7 Å². The van der Waals surface area contributed by atoms with Gasteiger partial charge in [-0.15, -0.1) is 0 Å². The zero-order valence-corrected chi connectivity index (χ0v) is 12.0. The van der Waals surface area contributed by atoms with Gasteiger partial charge < -0.3 is 15.4 Å². The molecule has 0 spiro atoms. The second-order valence-corrected chi connectivity index (χ2v) is 6.00. The normalized spacial score (nSPS) is 28.1. The van der Waals surface area contributed by atoms with E-state index in [0.29, 0.717) is 22.9 Å². The van der Waals surface area contributed by atoms with E-state index in [0.717, 1.165) is 12.8 Å². The molecular formula is C15H19ClN2O2. The number of nitrogens with one attached hydrogen (secondary N) is 2. The molecule has 3 rings (SSSR count). The second-order valence-electron chi connectivity index (χ2n) is 5.59. The van der Waals surface area contributed by atoms with Crippen LogP contribution in [0.5, 0.6) is 5.75 Å². The van der Waals surface area contributed by atoms with Crippen molar-refractivity contribution in [2.24, 2.45) is 0 Å². The summed E-state index contributed by atoms with van der Waals surface area (Å²) in [6.07, 6.45) is 4.50. The van der Waals surface area contributed by atoms with Crippen LogP contribution in [0.1, 0.15) is 25.7 Å². The van der Waals surface area contributed by atoms with Crippen LogP contribution >= 0.6 is 11.6 Å². The van der Waals surface area contributed by atoms with Crippen LogP contribution in [0, 0.1) is 0 Å². The fourth-order valence-electron chi connectivity index (χ4n) is 3.15. The minimum Gasteiger partial charge on any atom is -0.482 e. The summed E-state index contributed by atoms with van der Waals surface area (Å²) in [7, 11) is 0. The van der Waals surface area contributed by atoms with Crippen LogP contribution in [0.2, 0.25) is 5.02 Å². The molecular weight excluding hydrogens is 276 g/mol. The third-order valence-electron chi connectivity index (χ3n) is 4.03. The van der Waals surface area contributed by atoms with E-state index in [9.17, 15) is 4.79 Å². The largest absolute Gasteiger partial charge is 0.482 e. The first-order valence-electron chi connectivity index (χ1n) is 7.13. The van der Waals surface area contributed by atoms with E-state index in [1.165, 1.54) is 12.8 Å². The highest BCUT2D eigenvalue weighted by molar-refractivity contribution is 6.32. The maximum absolute atomic E-state index is 11.9. The second kappa shape index (κ2) is 6.02. The fourth-order valence-corrected chi connectivity index (χ4v) is 3.34. The first-order chi connectivity index (χ1) is 9.70. The van der Waals surface area contributed by atoms with Gasteiger partial charge in [-0.05, 0) is 37.8 Å². The third kappa shape index (κ3) is 3.25. The van der Waals surface area contributed by atoms with Crippen molar-refractivity contribution in [2.75, 3.05) is 6.61 Å². The highest BCUT2D eigenvalue weighted by atomic mass is 35.5. The Bertz CT molecular complexity index is 483. The Labute approximate surface area is 123 Å². The molecule has 0 saturated carbocycles. The van der Waals surface area contributed by atoms with E-state index < -0.39 is 0 Å². The van der Waals surface area contributed by atoms with Crippen LogP contribution in [-0.4, -0.2) is 30.6 Å². The lowest BCUT2D eigenvalue weighted by molar-refractivity contribution is -0.124. The zero-order valence-electron chi connectivity index (χ0n) is 11.3. The van der Waals surface area contributed by atoms with Crippen LogP contribution in [0.3, 0.4) is 0 Å². The zero-order chi connectivity index (χ0) is 13.9. The number of ether oxygens (including phenoxy) is 1. The summed E-state index contributed by atoms with van der Waals surface area (Å²) < 4.78 is 5.45. The highest BCUT2D eigenvalue weighted by Crippen LogP contribution is 2.27. The van der Waals surface area contributed by atoms with Crippen molar-refractivity contribution < 1.29 is 9.53 Å². The maximum atomic E-state index is 11.9. The van der Waals surface area contributed by atoms with Crippen molar-refractivity contribution in [3.8, 4) is 5.75 Å². The maximum Gasteiger partial charge on any atom is 0.258 e. The Kier molecular flexibility index (Phi) is 4.13. The molecule has 0 aliphatic carbocycles. The molecule has 2 atom stereocenters. The first-order valence-corrected chi connectivity index (χ1v) is 7.51. The molecule has 2 aliphatic rings. The fraction of sp³-hybridized carbons (Fsp3) is 0.533. The van der Waals surface area contributed by atoms with Gasteiger partial charge in [0.1, 0.15) is 5.75 Å². The van der Waals surface area contributed by atoms with E-state index in [1.54, 1.807) is 12.1 Å². The first kappa shape index (κ1) is 13.7. The van der Waals surface area contributed by atoms with Crippen molar-refractivity contribution >= 4 is 17.5 Å². The number of carbonyl (C=O) groups excluding carboxylic acids is 1. The van der Waals surface area contributed by atoms with E-state index >= 15 is 0 Å². The lowest BCUT2D eigenvalue weighted by Gasteiger charge is -2.29. The van der Waals surface area contributed by atoms with Crippen LogP contribution in [-0.2, 0) is 4.79 Å². The van der Waals surface area contributed by atoms with Crippen molar-refractivity contribution in [2.45, 2.75) is 43.8 Å². The molecule has 1 aromatic carbocycles. The number of amides is 1. The van der Waals surface area contributed by atoms with Gasteiger partial charge in [-0.2, -0.15) is 0 Å². The molecule has 4 nitrogen and oxygen atoms in total. The third-order valence-corrected chi connectivity index (χ3v) is 4.35. The standard InChI is InChI=1S/C15H19ClN2O2/c16-13-3-1-2-4-14(13)20-9-15(19)18-12-7-10-5-6-11(8-12)17-10/h1-4,10-12,17H,5-9H2,(H,18,19). The number of piperidine rings is 1. The molecule has 2 fully saturated rings. The quantitative estimate of drug-likeness (QED) is 0.894. The molecule has 2 heterocycles. The van der Waals surface area contributed by atoms with Gasteiger partial charge in [-0.25, -0.2) is 0 Å². The molecule has 5 heteroatoms. The minimum absolute atomic E-state index is 0.0169. The Hall–Kier alpha value is -1.26. The van der Waals surface area contributed by atoms with E-state index in [4.69, 9.17) is 16.3 Å². The van der Waals surface area contributed by atoms with Crippen molar-refractivity contribution in [1.29, 1.82) is 0 Å². The summed E-state index contributed by atoms with van der Waals surface area (Å²) in [4.78, 5) is 11.9. The molecule has 108 valence electrons.